The molecule has 5 heteroatoms. The molecule has 3 nitrogen and oxygen atoms in total. The fraction of sp³-hybridized carbons (Fsp3) is 0.154. The van der Waals surface area contributed by atoms with Gasteiger partial charge in [-0.15, -0.1) is 0 Å². The number of carbonyl (C=O) groups is 1. The number of ether oxygens (including phenoxy) is 1. The molecule has 1 aliphatic rings. The smallest absolute Gasteiger partial charge is 0.270 e. The molecule has 0 saturated carbocycles. The van der Waals surface area contributed by atoms with Crippen LogP contribution < -0.4 is 9.64 Å². The molecule has 0 radical (unpaired) electrons. The van der Waals surface area contributed by atoms with Crippen molar-refractivity contribution in [1.29, 1.82) is 0 Å². The van der Waals surface area contributed by atoms with Crippen molar-refractivity contribution in [3.05, 3.63) is 94.9 Å². The maximum Gasteiger partial charge on any atom is 0.270 e. The minimum absolute atomic E-state index is 0.0956. The van der Waals surface area contributed by atoms with Crippen LogP contribution in [-0.4, -0.2) is 10.2 Å². The Hall–Kier alpha value is -2.89. The van der Waals surface area contributed by atoms with Crippen LogP contribution in [0.5, 0.6) is 11.5 Å². The van der Waals surface area contributed by atoms with Crippen molar-refractivity contribution in [3.63, 3.8) is 0 Å². The maximum atomic E-state index is 13.0. The number of benzene rings is 3. The van der Waals surface area contributed by atoms with Crippen molar-refractivity contribution in [1.82, 2.24) is 0 Å². The van der Waals surface area contributed by atoms with Crippen LogP contribution in [0.2, 0.25) is 0 Å². The average molecular weight is 446 g/mol. The molecule has 1 amide bonds. The lowest BCUT2D eigenvalue weighted by Crippen LogP contribution is -2.27. The fourth-order valence-corrected chi connectivity index (χ4v) is 4.51. The predicted molar refractivity (Wildman–Crippen MR) is 134 cm³/mol. The summed E-state index contributed by atoms with van der Waals surface area (Å²) in [7, 11) is 0. The van der Waals surface area contributed by atoms with E-state index < -0.39 is 0 Å². The molecule has 0 aromatic heterocycles. The Morgan fingerprint density at radius 1 is 0.871 bits per heavy atom. The van der Waals surface area contributed by atoms with Crippen molar-refractivity contribution >= 4 is 46.0 Å². The van der Waals surface area contributed by atoms with E-state index >= 15 is 0 Å². The molecule has 0 bridgehead atoms. The van der Waals surface area contributed by atoms with Crippen LogP contribution in [-0.2, 0) is 10.2 Å². The normalized spacial score (nSPS) is 15.6. The standard InChI is InChI=1S/C26H23NO2S2/c1-26(2,3)19-11-9-18(10-12-19)17-23-24(28)27(25(30)31-23)20-13-15-22(16-14-20)29-21-7-5-4-6-8-21/h4-17H,1-3H3/b23-17-. The second-order valence-electron chi connectivity index (χ2n) is 8.30. The van der Waals surface area contributed by atoms with Gasteiger partial charge in [-0.1, -0.05) is 87.2 Å². The lowest BCUT2D eigenvalue weighted by molar-refractivity contribution is -0.113. The molecular formula is C26H23NO2S2. The van der Waals surface area contributed by atoms with E-state index in [0.717, 1.165) is 17.0 Å². The number of hydrogen-bond donors (Lipinski definition) is 0. The molecule has 0 unspecified atom stereocenters. The minimum Gasteiger partial charge on any atom is -0.457 e. The van der Waals surface area contributed by atoms with Crippen molar-refractivity contribution in [2.24, 2.45) is 0 Å². The fourth-order valence-electron chi connectivity index (χ4n) is 3.21. The molecule has 156 valence electrons. The average Bonchev–Trinajstić information content (AvgIpc) is 3.02. The molecule has 0 spiro atoms. The number of nitrogens with zero attached hydrogens (tertiary/aromatic N) is 1. The van der Waals surface area contributed by atoms with E-state index in [-0.39, 0.29) is 11.3 Å². The lowest BCUT2D eigenvalue weighted by Gasteiger charge is -2.18. The summed E-state index contributed by atoms with van der Waals surface area (Å²) in [5, 5.41) is 0. The maximum absolute atomic E-state index is 13.0. The molecule has 3 aromatic rings. The van der Waals surface area contributed by atoms with Gasteiger partial charge in [-0.2, -0.15) is 0 Å². The summed E-state index contributed by atoms with van der Waals surface area (Å²) in [6.07, 6.45) is 1.90. The Kier molecular flexibility index (Phi) is 5.99. The zero-order chi connectivity index (χ0) is 22.0. The highest BCUT2D eigenvalue weighted by Gasteiger charge is 2.33. The Balaban J connectivity index is 1.51. The van der Waals surface area contributed by atoms with Gasteiger partial charge in [-0.3, -0.25) is 9.69 Å². The topological polar surface area (TPSA) is 29.5 Å². The van der Waals surface area contributed by atoms with Gasteiger partial charge in [0, 0.05) is 0 Å². The molecule has 0 atom stereocenters. The summed E-state index contributed by atoms with van der Waals surface area (Å²) >= 11 is 6.82. The second-order valence-corrected chi connectivity index (χ2v) is 9.97. The molecule has 31 heavy (non-hydrogen) atoms. The minimum atomic E-state index is -0.105. The lowest BCUT2D eigenvalue weighted by atomic mass is 9.87. The summed E-state index contributed by atoms with van der Waals surface area (Å²) < 4.78 is 6.36. The number of carbonyl (C=O) groups excluding carboxylic acids is 1. The molecule has 3 aromatic carbocycles. The van der Waals surface area contributed by atoms with E-state index in [1.165, 1.54) is 17.3 Å². The molecule has 0 aliphatic carbocycles. The molecule has 0 N–H and O–H groups in total. The first-order valence-corrected chi connectivity index (χ1v) is 11.3. The van der Waals surface area contributed by atoms with Gasteiger partial charge in [0.2, 0.25) is 0 Å². The summed E-state index contributed by atoms with van der Waals surface area (Å²) in [5.74, 6) is 1.36. The first kappa shape index (κ1) is 21.3. The largest absolute Gasteiger partial charge is 0.457 e. The van der Waals surface area contributed by atoms with Crippen LogP contribution in [0.4, 0.5) is 5.69 Å². The zero-order valence-electron chi connectivity index (χ0n) is 17.7. The van der Waals surface area contributed by atoms with Gasteiger partial charge in [0.25, 0.3) is 5.91 Å². The van der Waals surface area contributed by atoms with E-state index in [1.54, 1.807) is 4.90 Å². The molecule has 1 heterocycles. The molecule has 1 aliphatic heterocycles. The highest BCUT2D eigenvalue weighted by Crippen LogP contribution is 2.37. The van der Waals surface area contributed by atoms with E-state index in [1.807, 2.05) is 72.8 Å². The number of amides is 1. The monoisotopic (exact) mass is 445 g/mol. The van der Waals surface area contributed by atoms with Crippen LogP contribution >= 0.6 is 24.0 Å². The van der Waals surface area contributed by atoms with Crippen molar-refractivity contribution in [3.8, 4) is 11.5 Å². The van der Waals surface area contributed by atoms with E-state index in [2.05, 4.69) is 32.9 Å². The number of anilines is 1. The third-order valence-electron chi connectivity index (χ3n) is 4.94. The van der Waals surface area contributed by atoms with E-state index in [4.69, 9.17) is 17.0 Å². The number of thioether (sulfide) groups is 1. The zero-order valence-corrected chi connectivity index (χ0v) is 19.3. The van der Waals surface area contributed by atoms with Crippen LogP contribution in [0.15, 0.2) is 83.8 Å². The van der Waals surface area contributed by atoms with Crippen LogP contribution in [0.25, 0.3) is 6.08 Å². The third kappa shape index (κ3) is 4.89. The Morgan fingerprint density at radius 2 is 1.48 bits per heavy atom. The quantitative estimate of drug-likeness (QED) is 0.314. The highest BCUT2D eigenvalue weighted by molar-refractivity contribution is 8.27. The van der Waals surface area contributed by atoms with E-state index in [0.29, 0.717) is 15.0 Å². The summed E-state index contributed by atoms with van der Waals surface area (Å²) in [6.45, 7) is 6.55. The van der Waals surface area contributed by atoms with Crippen molar-refractivity contribution < 1.29 is 9.53 Å². The number of rotatable bonds is 4. The van der Waals surface area contributed by atoms with Crippen LogP contribution in [0.1, 0.15) is 31.9 Å². The van der Waals surface area contributed by atoms with Crippen molar-refractivity contribution in [2.75, 3.05) is 4.90 Å². The molecule has 1 saturated heterocycles. The first-order valence-electron chi connectivity index (χ1n) is 10.0. The van der Waals surface area contributed by atoms with Gasteiger partial charge in [-0.25, -0.2) is 0 Å². The predicted octanol–water partition coefficient (Wildman–Crippen LogP) is 7.18. The number of thiocarbonyl (C=S) groups is 1. The third-order valence-corrected chi connectivity index (χ3v) is 6.24. The Bertz CT molecular complexity index is 1130. The van der Waals surface area contributed by atoms with Gasteiger partial charge in [-0.05, 0) is 59.0 Å². The SMILES string of the molecule is CC(C)(C)c1ccc(/C=C2\SC(=S)N(c3ccc(Oc4ccccc4)cc3)C2=O)cc1. The number of para-hydroxylation sites is 1. The number of hydrogen-bond acceptors (Lipinski definition) is 4. The van der Waals surface area contributed by atoms with Gasteiger partial charge in [0.05, 0.1) is 10.6 Å². The van der Waals surface area contributed by atoms with Crippen LogP contribution in [0.3, 0.4) is 0 Å². The summed E-state index contributed by atoms with van der Waals surface area (Å²) in [5.41, 5.74) is 3.07. The molecule has 1 fully saturated rings. The molecule has 4 rings (SSSR count). The Morgan fingerprint density at radius 3 is 2.10 bits per heavy atom. The van der Waals surface area contributed by atoms with Crippen molar-refractivity contribution in [2.45, 2.75) is 26.2 Å². The molecular weight excluding hydrogens is 422 g/mol. The highest BCUT2D eigenvalue weighted by atomic mass is 32.2. The summed E-state index contributed by atoms with van der Waals surface area (Å²) in [4.78, 5) is 15.2. The second kappa shape index (κ2) is 8.69. The van der Waals surface area contributed by atoms with Gasteiger partial charge in [0.15, 0.2) is 4.32 Å². The van der Waals surface area contributed by atoms with Gasteiger partial charge in [0.1, 0.15) is 11.5 Å². The van der Waals surface area contributed by atoms with Crippen LogP contribution in [0, 0.1) is 0 Å². The van der Waals surface area contributed by atoms with Gasteiger partial charge < -0.3 is 4.74 Å². The Labute approximate surface area is 192 Å². The van der Waals surface area contributed by atoms with Gasteiger partial charge >= 0.3 is 0 Å². The first-order chi connectivity index (χ1) is 14.8. The van der Waals surface area contributed by atoms with E-state index in [9.17, 15) is 4.79 Å². The summed E-state index contributed by atoms with van der Waals surface area (Å²) in [6, 6.07) is 25.3.